The molecule has 1 fully saturated rings. The van der Waals surface area contributed by atoms with Crippen molar-refractivity contribution >= 4 is 17.4 Å². The lowest BCUT2D eigenvalue weighted by atomic mass is 9.87. The number of hydrogen-bond acceptors (Lipinski definition) is 2. The molecule has 2 heteroatoms. The highest BCUT2D eigenvalue weighted by Crippen LogP contribution is 2.41. The molecule has 0 bridgehead atoms. The van der Waals surface area contributed by atoms with E-state index in [2.05, 4.69) is 32.0 Å². The molecular formula is C15H23NS. The molecule has 2 unspecified atom stereocenters. The maximum atomic E-state index is 6.17. The van der Waals surface area contributed by atoms with Crippen LogP contribution in [0.2, 0.25) is 0 Å². The van der Waals surface area contributed by atoms with Crippen LogP contribution >= 0.6 is 11.8 Å². The van der Waals surface area contributed by atoms with Gasteiger partial charge in [0.05, 0.1) is 0 Å². The Morgan fingerprint density at radius 3 is 2.82 bits per heavy atom. The summed E-state index contributed by atoms with van der Waals surface area (Å²) >= 11 is 2.01. The molecule has 1 aliphatic carbocycles. The molecule has 0 saturated heterocycles. The summed E-state index contributed by atoms with van der Waals surface area (Å²) in [4.78, 5) is 1.29. The van der Waals surface area contributed by atoms with Gasteiger partial charge < -0.3 is 5.73 Å². The van der Waals surface area contributed by atoms with Gasteiger partial charge in [-0.1, -0.05) is 38.3 Å². The van der Waals surface area contributed by atoms with E-state index in [-0.39, 0.29) is 0 Å². The summed E-state index contributed by atoms with van der Waals surface area (Å²) in [6.45, 7) is 4.42. The molecule has 1 aromatic carbocycles. The zero-order chi connectivity index (χ0) is 12.3. The monoisotopic (exact) mass is 249 g/mol. The van der Waals surface area contributed by atoms with Crippen molar-refractivity contribution in [2.24, 2.45) is 5.92 Å². The third-order valence-electron chi connectivity index (χ3n) is 3.93. The number of para-hydroxylation sites is 1. The molecule has 1 saturated carbocycles. The molecule has 0 aromatic heterocycles. The Kier molecular flexibility index (Phi) is 4.38. The largest absolute Gasteiger partial charge is 0.398 e. The first-order valence-electron chi connectivity index (χ1n) is 6.74. The van der Waals surface area contributed by atoms with Crippen molar-refractivity contribution in [1.82, 2.24) is 0 Å². The summed E-state index contributed by atoms with van der Waals surface area (Å²) in [5.74, 6) is 0.883. The van der Waals surface area contributed by atoms with E-state index in [0.717, 1.165) is 16.9 Å². The van der Waals surface area contributed by atoms with Crippen molar-refractivity contribution < 1.29 is 0 Å². The Labute approximate surface area is 109 Å². The molecule has 1 nitrogen and oxygen atoms in total. The highest BCUT2D eigenvalue weighted by Gasteiger charge is 2.25. The summed E-state index contributed by atoms with van der Waals surface area (Å²) in [5, 5.41) is 0.776. The molecule has 1 aromatic rings. The highest BCUT2D eigenvalue weighted by molar-refractivity contribution is 8.00. The Bertz CT molecular complexity index is 375. The van der Waals surface area contributed by atoms with E-state index in [1.165, 1.54) is 42.6 Å². The molecule has 0 amide bonds. The van der Waals surface area contributed by atoms with Crippen molar-refractivity contribution in [3.05, 3.63) is 23.8 Å². The molecule has 2 atom stereocenters. The van der Waals surface area contributed by atoms with E-state index in [0.29, 0.717) is 0 Å². The van der Waals surface area contributed by atoms with Gasteiger partial charge in [-0.15, -0.1) is 11.8 Å². The number of hydrogen-bond donors (Lipinski definition) is 1. The van der Waals surface area contributed by atoms with Gasteiger partial charge in [-0.2, -0.15) is 0 Å². The number of aryl methyl sites for hydroxylation is 1. The summed E-state index contributed by atoms with van der Waals surface area (Å²) in [5.41, 5.74) is 8.36. The summed E-state index contributed by atoms with van der Waals surface area (Å²) < 4.78 is 0. The topological polar surface area (TPSA) is 26.0 Å². The Hall–Kier alpha value is -0.630. The Morgan fingerprint density at radius 1 is 1.29 bits per heavy atom. The van der Waals surface area contributed by atoms with Crippen LogP contribution in [0, 0.1) is 12.8 Å². The minimum absolute atomic E-state index is 0.776. The van der Waals surface area contributed by atoms with Gasteiger partial charge in [-0.05, 0) is 37.3 Å². The van der Waals surface area contributed by atoms with Crippen molar-refractivity contribution in [2.75, 3.05) is 5.73 Å². The summed E-state index contributed by atoms with van der Waals surface area (Å²) in [6, 6.07) is 6.39. The standard InChI is InChI=1S/C15H23NS/c1-3-12-8-4-5-9-13(12)17-14-10-6-7-11(2)15(14)16/h6-7,10,12-13H,3-5,8-9,16H2,1-2H3. The molecule has 0 radical (unpaired) electrons. The molecule has 1 aliphatic rings. The van der Waals surface area contributed by atoms with Crippen molar-refractivity contribution in [2.45, 2.75) is 56.1 Å². The summed E-state index contributed by atoms with van der Waals surface area (Å²) in [7, 11) is 0. The first-order valence-corrected chi connectivity index (χ1v) is 7.62. The van der Waals surface area contributed by atoms with Crippen LogP contribution < -0.4 is 5.73 Å². The van der Waals surface area contributed by atoms with Gasteiger partial charge in [0, 0.05) is 15.8 Å². The lowest BCUT2D eigenvalue weighted by molar-refractivity contribution is 0.361. The third kappa shape index (κ3) is 2.98. The van der Waals surface area contributed by atoms with Gasteiger partial charge in [-0.3, -0.25) is 0 Å². The van der Waals surface area contributed by atoms with Crippen LogP contribution in [-0.2, 0) is 0 Å². The number of nitrogen functional groups attached to an aromatic ring is 1. The van der Waals surface area contributed by atoms with Crippen molar-refractivity contribution in [1.29, 1.82) is 0 Å². The fraction of sp³-hybridized carbons (Fsp3) is 0.600. The van der Waals surface area contributed by atoms with Gasteiger partial charge in [0.2, 0.25) is 0 Å². The molecule has 0 heterocycles. The van der Waals surface area contributed by atoms with Crippen LogP contribution in [0.3, 0.4) is 0 Å². The van der Waals surface area contributed by atoms with E-state index in [1.807, 2.05) is 11.8 Å². The van der Waals surface area contributed by atoms with Gasteiger partial charge >= 0.3 is 0 Å². The van der Waals surface area contributed by atoms with E-state index >= 15 is 0 Å². The first kappa shape index (κ1) is 12.8. The second kappa shape index (κ2) is 5.81. The van der Waals surface area contributed by atoms with Gasteiger partial charge in [-0.25, -0.2) is 0 Å². The van der Waals surface area contributed by atoms with Crippen LogP contribution in [0.1, 0.15) is 44.6 Å². The maximum absolute atomic E-state index is 6.17. The third-order valence-corrected chi connectivity index (χ3v) is 5.46. The molecular weight excluding hydrogens is 226 g/mol. The van der Waals surface area contributed by atoms with Crippen molar-refractivity contribution in [3.8, 4) is 0 Å². The first-order chi connectivity index (χ1) is 8.22. The number of rotatable bonds is 3. The number of anilines is 1. The van der Waals surface area contributed by atoms with Crippen LogP contribution in [0.4, 0.5) is 5.69 Å². The van der Waals surface area contributed by atoms with Crippen LogP contribution in [0.25, 0.3) is 0 Å². The predicted molar refractivity (Wildman–Crippen MR) is 77.5 cm³/mol. The quantitative estimate of drug-likeness (QED) is 0.790. The predicted octanol–water partition coefficient (Wildman–Crippen LogP) is 4.64. The van der Waals surface area contributed by atoms with Crippen LogP contribution in [-0.4, -0.2) is 5.25 Å². The van der Waals surface area contributed by atoms with E-state index in [9.17, 15) is 0 Å². The van der Waals surface area contributed by atoms with E-state index in [4.69, 9.17) is 5.73 Å². The second-order valence-corrected chi connectivity index (χ2v) is 6.38. The maximum Gasteiger partial charge on any atom is 0.0482 e. The Balaban J connectivity index is 2.11. The minimum atomic E-state index is 0.776. The average Bonchev–Trinajstić information content (AvgIpc) is 2.35. The zero-order valence-electron chi connectivity index (χ0n) is 10.9. The van der Waals surface area contributed by atoms with Gasteiger partial charge in [0.15, 0.2) is 0 Å². The Morgan fingerprint density at radius 2 is 2.06 bits per heavy atom. The highest BCUT2D eigenvalue weighted by atomic mass is 32.2. The molecule has 2 N–H and O–H groups in total. The van der Waals surface area contributed by atoms with Gasteiger partial charge in [0.25, 0.3) is 0 Å². The van der Waals surface area contributed by atoms with Crippen LogP contribution in [0.5, 0.6) is 0 Å². The minimum Gasteiger partial charge on any atom is -0.398 e. The SMILES string of the molecule is CCC1CCCCC1Sc1cccc(C)c1N. The molecule has 94 valence electrons. The number of thioether (sulfide) groups is 1. The zero-order valence-corrected chi connectivity index (χ0v) is 11.7. The molecule has 0 aliphatic heterocycles. The molecule has 0 spiro atoms. The normalized spacial score (nSPS) is 24.8. The molecule has 2 rings (SSSR count). The number of nitrogens with two attached hydrogens (primary N) is 1. The van der Waals surface area contributed by atoms with E-state index < -0.39 is 0 Å². The smallest absolute Gasteiger partial charge is 0.0482 e. The lowest BCUT2D eigenvalue weighted by Gasteiger charge is -2.30. The van der Waals surface area contributed by atoms with Crippen LogP contribution in [0.15, 0.2) is 23.1 Å². The second-order valence-electron chi connectivity index (χ2n) is 5.10. The molecule has 17 heavy (non-hydrogen) atoms. The summed E-state index contributed by atoms with van der Waals surface area (Å²) in [6.07, 6.45) is 6.87. The fourth-order valence-corrected chi connectivity index (χ4v) is 4.29. The fourth-order valence-electron chi connectivity index (χ4n) is 2.72. The lowest BCUT2D eigenvalue weighted by Crippen LogP contribution is -2.21. The average molecular weight is 249 g/mol. The van der Waals surface area contributed by atoms with E-state index in [1.54, 1.807) is 0 Å². The van der Waals surface area contributed by atoms with Gasteiger partial charge in [0.1, 0.15) is 0 Å². The number of benzene rings is 1. The van der Waals surface area contributed by atoms with Crippen molar-refractivity contribution in [3.63, 3.8) is 0 Å².